The lowest BCUT2D eigenvalue weighted by molar-refractivity contribution is 0.170. The second-order valence-electron chi connectivity index (χ2n) is 7.24. The number of nitrogens with two attached hydrogens (primary N) is 1. The van der Waals surface area contributed by atoms with Gasteiger partial charge in [-0.05, 0) is 43.6 Å². The molecule has 124 valence electrons. The topological polar surface area (TPSA) is 75.3 Å². The number of hydrogen-bond acceptors (Lipinski definition) is 6. The van der Waals surface area contributed by atoms with E-state index in [4.69, 9.17) is 5.73 Å². The van der Waals surface area contributed by atoms with Gasteiger partial charge in [0.1, 0.15) is 17.0 Å². The number of fused-ring (bicyclic) bond motifs is 3. The van der Waals surface area contributed by atoms with Gasteiger partial charge in [-0.1, -0.05) is 6.92 Å². The van der Waals surface area contributed by atoms with E-state index >= 15 is 0 Å². The second-order valence-corrected chi connectivity index (χ2v) is 8.32. The first kappa shape index (κ1) is 15.3. The van der Waals surface area contributed by atoms with Gasteiger partial charge in [-0.2, -0.15) is 0 Å². The fourth-order valence-corrected chi connectivity index (χ4v) is 5.17. The van der Waals surface area contributed by atoms with Crippen molar-refractivity contribution in [2.24, 2.45) is 11.7 Å². The molecule has 0 spiro atoms. The van der Waals surface area contributed by atoms with Crippen LogP contribution in [0.25, 0.3) is 10.2 Å². The summed E-state index contributed by atoms with van der Waals surface area (Å²) in [6.45, 7) is 4.10. The summed E-state index contributed by atoms with van der Waals surface area (Å²) < 4.78 is 0. The minimum absolute atomic E-state index is 0.0613. The number of hydrogen-bond donors (Lipinski definition) is 2. The molecule has 6 heteroatoms. The summed E-state index contributed by atoms with van der Waals surface area (Å²) >= 11 is 1.84. The first-order valence-corrected chi connectivity index (χ1v) is 9.31. The first-order chi connectivity index (χ1) is 11.1. The van der Waals surface area contributed by atoms with E-state index in [1.165, 1.54) is 28.7 Å². The normalized spacial score (nSPS) is 24.0. The number of piperidine rings is 1. The van der Waals surface area contributed by atoms with Gasteiger partial charge in [0.2, 0.25) is 0 Å². The summed E-state index contributed by atoms with van der Waals surface area (Å²) in [5.74, 6) is 1.84. The maximum atomic E-state index is 9.46. The third-order valence-electron chi connectivity index (χ3n) is 5.45. The molecule has 0 radical (unpaired) electrons. The van der Waals surface area contributed by atoms with Crippen LogP contribution in [0, 0.1) is 5.92 Å². The van der Waals surface area contributed by atoms with Gasteiger partial charge >= 0.3 is 0 Å². The zero-order chi connectivity index (χ0) is 16.0. The summed E-state index contributed by atoms with van der Waals surface area (Å²) in [6, 6.07) is 0. The lowest BCUT2D eigenvalue weighted by Crippen LogP contribution is -2.53. The molecule has 1 saturated heterocycles. The number of aromatic nitrogens is 2. The molecule has 23 heavy (non-hydrogen) atoms. The highest BCUT2D eigenvalue weighted by Crippen LogP contribution is 2.41. The average molecular weight is 332 g/mol. The van der Waals surface area contributed by atoms with Crippen LogP contribution in [0.5, 0.6) is 0 Å². The van der Waals surface area contributed by atoms with E-state index in [1.807, 2.05) is 11.3 Å². The Kier molecular flexibility index (Phi) is 3.78. The molecule has 0 bridgehead atoms. The van der Waals surface area contributed by atoms with Gasteiger partial charge < -0.3 is 15.7 Å². The first-order valence-electron chi connectivity index (χ1n) is 8.49. The third-order valence-corrected chi connectivity index (χ3v) is 6.61. The Bertz CT molecular complexity index is 721. The lowest BCUT2D eigenvalue weighted by atomic mass is 9.88. The molecule has 5 nitrogen and oxygen atoms in total. The van der Waals surface area contributed by atoms with Crippen molar-refractivity contribution in [3.05, 3.63) is 16.8 Å². The van der Waals surface area contributed by atoms with Crippen LogP contribution in [0.15, 0.2) is 6.33 Å². The van der Waals surface area contributed by atoms with Gasteiger partial charge in [-0.15, -0.1) is 11.3 Å². The van der Waals surface area contributed by atoms with Crippen LogP contribution in [-0.2, 0) is 12.8 Å². The smallest absolute Gasteiger partial charge is 0.141 e. The summed E-state index contributed by atoms with van der Waals surface area (Å²) in [7, 11) is 0. The van der Waals surface area contributed by atoms with Crippen molar-refractivity contribution in [2.45, 2.75) is 44.6 Å². The van der Waals surface area contributed by atoms with E-state index in [0.29, 0.717) is 0 Å². The van der Waals surface area contributed by atoms with E-state index in [1.54, 1.807) is 6.33 Å². The zero-order valence-electron chi connectivity index (χ0n) is 13.6. The maximum Gasteiger partial charge on any atom is 0.141 e. The largest absolute Gasteiger partial charge is 0.394 e. The predicted octanol–water partition coefficient (Wildman–Crippen LogP) is 2.11. The Balaban J connectivity index is 1.71. The molecule has 1 atom stereocenters. The van der Waals surface area contributed by atoms with Crippen molar-refractivity contribution >= 4 is 27.4 Å². The van der Waals surface area contributed by atoms with Crippen LogP contribution in [0.1, 0.15) is 36.6 Å². The number of anilines is 1. The molecule has 1 aliphatic carbocycles. The number of aryl methyl sites for hydroxylation is 1. The van der Waals surface area contributed by atoms with E-state index in [0.717, 1.165) is 48.9 Å². The number of thiophene rings is 1. The number of aliphatic hydroxyl groups excluding tert-OH is 1. The fraction of sp³-hybridized carbons (Fsp3) is 0.647. The van der Waals surface area contributed by atoms with E-state index in [-0.39, 0.29) is 6.61 Å². The van der Waals surface area contributed by atoms with Crippen LogP contribution in [0.4, 0.5) is 5.82 Å². The summed E-state index contributed by atoms with van der Waals surface area (Å²) in [4.78, 5) is 14.1. The molecule has 3 N–H and O–H groups in total. The van der Waals surface area contributed by atoms with Crippen LogP contribution < -0.4 is 10.6 Å². The number of aliphatic hydroxyl groups is 1. The highest BCUT2D eigenvalue weighted by atomic mass is 32.1. The van der Waals surface area contributed by atoms with Crippen molar-refractivity contribution in [3.8, 4) is 0 Å². The van der Waals surface area contributed by atoms with E-state index in [9.17, 15) is 5.11 Å². The van der Waals surface area contributed by atoms with Gasteiger partial charge in [0, 0.05) is 23.5 Å². The van der Waals surface area contributed by atoms with Crippen LogP contribution in [-0.4, -0.2) is 40.3 Å². The zero-order valence-corrected chi connectivity index (χ0v) is 14.4. The third kappa shape index (κ3) is 2.62. The van der Waals surface area contributed by atoms with Gasteiger partial charge in [0.25, 0.3) is 0 Å². The van der Waals surface area contributed by atoms with Gasteiger partial charge in [0.15, 0.2) is 0 Å². The SMILES string of the molecule is C[C@H]1CCc2c(sc3ncnc(N4CCC(N)(CO)CC4)c23)C1. The highest BCUT2D eigenvalue weighted by molar-refractivity contribution is 7.19. The Labute approximate surface area is 140 Å². The lowest BCUT2D eigenvalue weighted by Gasteiger charge is -2.38. The van der Waals surface area contributed by atoms with E-state index < -0.39 is 5.54 Å². The molecule has 1 fully saturated rings. The summed E-state index contributed by atoms with van der Waals surface area (Å²) in [5, 5.41) is 10.7. The van der Waals surface area contributed by atoms with Gasteiger partial charge in [-0.25, -0.2) is 9.97 Å². The Morgan fingerprint density at radius 3 is 2.91 bits per heavy atom. The predicted molar refractivity (Wildman–Crippen MR) is 94.1 cm³/mol. The number of nitrogens with zero attached hydrogens (tertiary/aromatic N) is 3. The standard InChI is InChI=1S/C17H24N4OS/c1-11-2-3-12-13(8-11)23-16-14(12)15(19-10-20-16)21-6-4-17(18,9-22)5-7-21/h10-11,22H,2-9,18H2,1H3/t11-/m0/s1. The summed E-state index contributed by atoms with van der Waals surface area (Å²) in [6.07, 6.45) is 6.87. The summed E-state index contributed by atoms with van der Waals surface area (Å²) in [5.41, 5.74) is 7.26. The Hall–Kier alpha value is -1.24. The molecule has 1 aliphatic heterocycles. The molecule has 3 heterocycles. The van der Waals surface area contributed by atoms with Crippen molar-refractivity contribution < 1.29 is 5.11 Å². The van der Waals surface area contributed by atoms with Crippen LogP contribution in [0.2, 0.25) is 0 Å². The molecule has 2 aromatic heterocycles. The fourth-order valence-electron chi connectivity index (χ4n) is 3.82. The molecule has 0 aromatic carbocycles. The highest BCUT2D eigenvalue weighted by Gasteiger charge is 2.32. The second kappa shape index (κ2) is 5.69. The van der Waals surface area contributed by atoms with Crippen LogP contribution >= 0.6 is 11.3 Å². The molecular weight excluding hydrogens is 308 g/mol. The van der Waals surface area contributed by atoms with Crippen molar-refractivity contribution in [3.63, 3.8) is 0 Å². The molecule has 2 aromatic rings. The Morgan fingerprint density at radius 1 is 1.39 bits per heavy atom. The maximum absolute atomic E-state index is 9.46. The molecule has 0 amide bonds. The molecular formula is C17H24N4OS. The van der Waals surface area contributed by atoms with Crippen molar-refractivity contribution in [1.29, 1.82) is 0 Å². The minimum atomic E-state index is -0.424. The molecule has 4 rings (SSSR count). The molecule has 2 aliphatic rings. The van der Waals surface area contributed by atoms with Gasteiger partial charge in [-0.3, -0.25) is 0 Å². The molecule has 0 saturated carbocycles. The Morgan fingerprint density at radius 2 is 2.17 bits per heavy atom. The average Bonchev–Trinajstić information content (AvgIpc) is 2.93. The number of rotatable bonds is 2. The molecule has 0 unspecified atom stereocenters. The van der Waals surface area contributed by atoms with Gasteiger partial charge in [0.05, 0.1) is 12.0 Å². The quantitative estimate of drug-likeness (QED) is 0.881. The monoisotopic (exact) mass is 332 g/mol. The van der Waals surface area contributed by atoms with Crippen molar-refractivity contribution in [2.75, 3.05) is 24.6 Å². The minimum Gasteiger partial charge on any atom is -0.394 e. The van der Waals surface area contributed by atoms with E-state index in [2.05, 4.69) is 21.8 Å². The van der Waals surface area contributed by atoms with Crippen LogP contribution in [0.3, 0.4) is 0 Å². The van der Waals surface area contributed by atoms with Crippen molar-refractivity contribution in [1.82, 2.24) is 9.97 Å².